The first-order valence-corrected chi connectivity index (χ1v) is 5.19. The molecule has 0 spiro atoms. The quantitative estimate of drug-likeness (QED) is 0.690. The van der Waals surface area contributed by atoms with Crippen molar-refractivity contribution in [2.75, 3.05) is 6.61 Å². The van der Waals surface area contributed by atoms with E-state index >= 15 is 0 Å². The lowest BCUT2D eigenvalue weighted by Gasteiger charge is -2.23. The highest BCUT2D eigenvalue weighted by atomic mass is 79.9. The van der Waals surface area contributed by atoms with Gasteiger partial charge in [0.05, 0.1) is 6.61 Å². The third-order valence-electron chi connectivity index (χ3n) is 1.99. The van der Waals surface area contributed by atoms with Crippen molar-refractivity contribution in [2.24, 2.45) is 0 Å². The first-order valence-electron chi connectivity index (χ1n) is 3.88. The second-order valence-corrected chi connectivity index (χ2v) is 4.28. The Morgan fingerprint density at radius 3 is 3.08 bits per heavy atom. The standard InChI is InChI=1S/C9H9BrOS/c10-6-2-1-3-7-9(6)8(12)4-5-11-7/h1-3,8,12H,4-5H2. The van der Waals surface area contributed by atoms with E-state index in [4.69, 9.17) is 4.74 Å². The van der Waals surface area contributed by atoms with Gasteiger partial charge in [0.1, 0.15) is 5.75 Å². The van der Waals surface area contributed by atoms with Gasteiger partial charge in [0, 0.05) is 15.3 Å². The van der Waals surface area contributed by atoms with Gasteiger partial charge in [-0.1, -0.05) is 22.0 Å². The number of ether oxygens (including phenoxy) is 1. The van der Waals surface area contributed by atoms with Crippen molar-refractivity contribution in [3.63, 3.8) is 0 Å². The molecule has 0 amide bonds. The van der Waals surface area contributed by atoms with Gasteiger partial charge in [0.15, 0.2) is 0 Å². The van der Waals surface area contributed by atoms with E-state index in [1.807, 2.05) is 18.2 Å². The van der Waals surface area contributed by atoms with Gasteiger partial charge in [-0.3, -0.25) is 0 Å². The lowest BCUT2D eigenvalue weighted by Crippen LogP contribution is -2.10. The van der Waals surface area contributed by atoms with Crippen LogP contribution in [0.3, 0.4) is 0 Å². The summed E-state index contributed by atoms with van der Waals surface area (Å²) in [7, 11) is 0. The van der Waals surface area contributed by atoms with Gasteiger partial charge in [-0.25, -0.2) is 0 Å². The third-order valence-corrected chi connectivity index (χ3v) is 3.20. The van der Waals surface area contributed by atoms with Crippen LogP contribution in [0.4, 0.5) is 0 Å². The summed E-state index contributed by atoms with van der Waals surface area (Å²) in [6, 6.07) is 5.99. The van der Waals surface area contributed by atoms with E-state index in [0.717, 1.165) is 23.2 Å². The van der Waals surface area contributed by atoms with Crippen LogP contribution in [-0.2, 0) is 0 Å². The number of hydrogen-bond acceptors (Lipinski definition) is 2. The van der Waals surface area contributed by atoms with E-state index in [0.29, 0.717) is 5.25 Å². The fourth-order valence-electron chi connectivity index (χ4n) is 1.39. The van der Waals surface area contributed by atoms with E-state index < -0.39 is 0 Å². The zero-order chi connectivity index (χ0) is 8.55. The molecule has 1 aromatic carbocycles. The molecule has 0 saturated carbocycles. The summed E-state index contributed by atoms with van der Waals surface area (Å²) in [6.45, 7) is 0.775. The maximum atomic E-state index is 5.50. The number of fused-ring (bicyclic) bond motifs is 1. The largest absolute Gasteiger partial charge is 0.493 e. The molecule has 1 nitrogen and oxygen atoms in total. The molecule has 0 fully saturated rings. The fourth-order valence-corrected chi connectivity index (χ4v) is 2.56. The Kier molecular flexibility index (Phi) is 2.33. The predicted octanol–water partition coefficient (Wildman–Crippen LogP) is 3.20. The zero-order valence-corrected chi connectivity index (χ0v) is 8.94. The molecule has 0 bridgehead atoms. The molecule has 1 heterocycles. The molecule has 0 N–H and O–H groups in total. The molecule has 0 radical (unpaired) electrons. The molecule has 0 aliphatic carbocycles. The predicted molar refractivity (Wildman–Crippen MR) is 56.0 cm³/mol. The summed E-state index contributed by atoms with van der Waals surface area (Å²) < 4.78 is 6.59. The minimum Gasteiger partial charge on any atom is -0.493 e. The Balaban J connectivity index is 2.53. The van der Waals surface area contributed by atoms with Crippen LogP contribution < -0.4 is 4.74 Å². The average Bonchev–Trinajstić information content (AvgIpc) is 2.04. The molecular formula is C9H9BrOS. The summed E-state index contributed by atoms with van der Waals surface area (Å²) in [6.07, 6.45) is 0.985. The fraction of sp³-hybridized carbons (Fsp3) is 0.333. The van der Waals surface area contributed by atoms with Gasteiger partial charge < -0.3 is 4.74 Å². The second-order valence-electron chi connectivity index (χ2n) is 2.80. The van der Waals surface area contributed by atoms with E-state index in [9.17, 15) is 0 Å². The molecule has 0 aromatic heterocycles. The van der Waals surface area contributed by atoms with Gasteiger partial charge >= 0.3 is 0 Å². The van der Waals surface area contributed by atoms with Gasteiger partial charge in [-0.05, 0) is 18.6 Å². The number of hydrogen-bond donors (Lipinski definition) is 1. The number of thiol groups is 1. The molecule has 12 heavy (non-hydrogen) atoms. The third kappa shape index (κ3) is 1.36. The molecule has 3 heteroatoms. The molecule has 0 saturated heterocycles. The smallest absolute Gasteiger partial charge is 0.124 e. The lowest BCUT2D eigenvalue weighted by atomic mass is 10.1. The van der Waals surface area contributed by atoms with Gasteiger partial charge in [-0.2, -0.15) is 12.6 Å². The number of halogens is 1. The normalized spacial score (nSPS) is 21.3. The van der Waals surface area contributed by atoms with Crippen molar-refractivity contribution in [1.82, 2.24) is 0 Å². The lowest BCUT2D eigenvalue weighted by molar-refractivity contribution is 0.286. The molecular weight excluding hydrogens is 236 g/mol. The summed E-state index contributed by atoms with van der Waals surface area (Å²) in [5.74, 6) is 0.968. The Morgan fingerprint density at radius 2 is 2.33 bits per heavy atom. The molecule has 1 aliphatic rings. The van der Waals surface area contributed by atoms with Crippen molar-refractivity contribution in [2.45, 2.75) is 11.7 Å². The van der Waals surface area contributed by atoms with E-state index in [1.165, 1.54) is 5.56 Å². The monoisotopic (exact) mass is 244 g/mol. The van der Waals surface area contributed by atoms with Crippen molar-refractivity contribution >= 4 is 28.6 Å². The van der Waals surface area contributed by atoms with Crippen LogP contribution >= 0.6 is 28.6 Å². The van der Waals surface area contributed by atoms with Crippen LogP contribution in [0.25, 0.3) is 0 Å². The Hall–Kier alpha value is -0.150. The summed E-state index contributed by atoms with van der Waals surface area (Å²) in [4.78, 5) is 0. The highest BCUT2D eigenvalue weighted by Gasteiger charge is 2.20. The topological polar surface area (TPSA) is 9.23 Å². The highest BCUT2D eigenvalue weighted by molar-refractivity contribution is 9.10. The second kappa shape index (κ2) is 3.30. The molecule has 1 aliphatic heterocycles. The number of benzene rings is 1. The summed E-state index contributed by atoms with van der Waals surface area (Å²) in [5, 5.41) is 0.310. The van der Waals surface area contributed by atoms with Crippen LogP contribution in [0.2, 0.25) is 0 Å². The van der Waals surface area contributed by atoms with Crippen molar-refractivity contribution in [3.05, 3.63) is 28.2 Å². The first-order chi connectivity index (χ1) is 5.79. The van der Waals surface area contributed by atoms with Crippen molar-refractivity contribution < 1.29 is 4.74 Å². The van der Waals surface area contributed by atoms with E-state index in [1.54, 1.807) is 0 Å². The maximum Gasteiger partial charge on any atom is 0.124 e. The molecule has 1 unspecified atom stereocenters. The minimum absolute atomic E-state index is 0.310. The van der Waals surface area contributed by atoms with Crippen LogP contribution in [-0.4, -0.2) is 6.61 Å². The van der Waals surface area contributed by atoms with E-state index in [2.05, 4.69) is 28.6 Å². The Morgan fingerprint density at radius 1 is 1.50 bits per heavy atom. The minimum atomic E-state index is 0.310. The molecule has 64 valence electrons. The maximum absolute atomic E-state index is 5.50. The first kappa shape index (κ1) is 8.45. The van der Waals surface area contributed by atoms with Crippen molar-refractivity contribution in [1.29, 1.82) is 0 Å². The van der Waals surface area contributed by atoms with Crippen molar-refractivity contribution in [3.8, 4) is 5.75 Å². The van der Waals surface area contributed by atoms with Crippen LogP contribution in [0.5, 0.6) is 5.75 Å². The molecule has 1 atom stereocenters. The van der Waals surface area contributed by atoms with Gasteiger partial charge in [0.25, 0.3) is 0 Å². The SMILES string of the molecule is SC1CCOc2cccc(Br)c21. The van der Waals surface area contributed by atoms with Gasteiger partial charge in [0.2, 0.25) is 0 Å². The molecule has 2 rings (SSSR count). The van der Waals surface area contributed by atoms with Crippen LogP contribution in [0.1, 0.15) is 17.2 Å². The Labute approximate surface area is 85.7 Å². The van der Waals surface area contributed by atoms with Gasteiger partial charge in [-0.15, -0.1) is 0 Å². The van der Waals surface area contributed by atoms with E-state index in [-0.39, 0.29) is 0 Å². The van der Waals surface area contributed by atoms with Crippen LogP contribution in [0.15, 0.2) is 22.7 Å². The van der Waals surface area contributed by atoms with Crippen LogP contribution in [0, 0.1) is 0 Å². The highest BCUT2D eigenvalue weighted by Crippen LogP contribution is 2.40. The summed E-state index contributed by atoms with van der Waals surface area (Å²) in [5.41, 5.74) is 1.19. The Bertz CT molecular complexity index is 301. The number of rotatable bonds is 0. The summed E-state index contributed by atoms with van der Waals surface area (Å²) >= 11 is 7.99. The average molecular weight is 245 g/mol. The zero-order valence-electron chi connectivity index (χ0n) is 6.46. The molecule has 1 aromatic rings.